The van der Waals surface area contributed by atoms with E-state index in [2.05, 4.69) is 36.1 Å². The largest absolute Gasteiger partial charge is 0.507 e. The molecule has 0 aliphatic rings. The number of anilines is 3. The summed E-state index contributed by atoms with van der Waals surface area (Å²) in [5.74, 6) is 1.94. The first kappa shape index (κ1) is 18.2. The molecule has 2 aromatic rings. The van der Waals surface area contributed by atoms with Gasteiger partial charge >= 0.3 is 0 Å². The second-order valence-corrected chi connectivity index (χ2v) is 5.06. The summed E-state index contributed by atoms with van der Waals surface area (Å²) in [4.78, 5) is 12.7. The van der Waals surface area contributed by atoms with Gasteiger partial charge in [0.25, 0.3) is 0 Å². The van der Waals surface area contributed by atoms with E-state index in [4.69, 9.17) is 4.74 Å². The van der Waals surface area contributed by atoms with Crippen LogP contribution in [0.4, 0.5) is 17.8 Å². The Hall–Kier alpha value is -3.10. The molecule has 4 N–H and O–H groups in total. The molecule has 0 aliphatic carbocycles. The van der Waals surface area contributed by atoms with Gasteiger partial charge in [0.1, 0.15) is 11.5 Å². The number of rotatable bonds is 8. The Morgan fingerprint density at radius 1 is 1.08 bits per heavy atom. The maximum atomic E-state index is 10.0. The SMILES string of the molecule is CCNc1nc(NCC)nc(N/N=C(\C)c2cc(OC)ccc2O)n1. The van der Waals surface area contributed by atoms with Gasteiger partial charge in [0.2, 0.25) is 17.8 Å². The zero-order valence-electron chi connectivity index (χ0n) is 14.8. The molecule has 25 heavy (non-hydrogen) atoms. The summed E-state index contributed by atoms with van der Waals surface area (Å²) in [5.41, 5.74) is 3.92. The molecule has 0 fully saturated rings. The van der Waals surface area contributed by atoms with Gasteiger partial charge < -0.3 is 20.5 Å². The van der Waals surface area contributed by atoms with Crippen LogP contribution in [0.1, 0.15) is 26.3 Å². The molecule has 1 heterocycles. The van der Waals surface area contributed by atoms with Crippen LogP contribution in [0.25, 0.3) is 0 Å². The fraction of sp³-hybridized carbons (Fsp3) is 0.375. The second kappa shape index (κ2) is 8.67. The smallest absolute Gasteiger partial charge is 0.250 e. The zero-order chi connectivity index (χ0) is 18.2. The van der Waals surface area contributed by atoms with Crippen LogP contribution in [0.5, 0.6) is 11.5 Å². The fourth-order valence-corrected chi connectivity index (χ4v) is 2.03. The van der Waals surface area contributed by atoms with Crippen LogP contribution in [-0.2, 0) is 0 Å². The quantitative estimate of drug-likeness (QED) is 0.425. The van der Waals surface area contributed by atoms with E-state index in [1.165, 1.54) is 0 Å². The Bertz CT molecular complexity index is 725. The molecule has 1 aromatic carbocycles. The molecule has 0 radical (unpaired) electrons. The summed E-state index contributed by atoms with van der Waals surface area (Å²) >= 11 is 0. The number of methoxy groups -OCH3 is 1. The molecule has 134 valence electrons. The topological polar surface area (TPSA) is 117 Å². The van der Waals surface area contributed by atoms with Crippen molar-refractivity contribution in [2.45, 2.75) is 20.8 Å². The van der Waals surface area contributed by atoms with Crippen molar-refractivity contribution in [3.8, 4) is 11.5 Å². The van der Waals surface area contributed by atoms with Crippen LogP contribution in [0, 0.1) is 0 Å². The first-order chi connectivity index (χ1) is 12.1. The molecular weight excluding hydrogens is 322 g/mol. The lowest BCUT2D eigenvalue weighted by Crippen LogP contribution is -2.11. The highest BCUT2D eigenvalue weighted by atomic mass is 16.5. The van der Waals surface area contributed by atoms with Gasteiger partial charge in [-0.15, -0.1) is 0 Å². The second-order valence-electron chi connectivity index (χ2n) is 5.06. The maximum absolute atomic E-state index is 10.0. The minimum absolute atomic E-state index is 0.112. The summed E-state index contributed by atoms with van der Waals surface area (Å²) in [6.07, 6.45) is 0. The third-order valence-electron chi connectivity index (χ3n) is 3.22. The van der Waals surface area contributed by atoms with Crippen molar-refractivity contribution in [2.75, 3.05) is 36.3 Å². The van der Waals surface area contributed by atoms with Gasteiger partial charge in [0.15, 0.2) is 0 Å². The molecule has 0 spiro atoms. The average Bonchev–Trinajstić information content (AvgIpc) is 2.60. The number of nitrogens with one attached hydrogen (secondary N) is 3. The predicted molar refractivity (Wildman–Crippen MR) is 98.6 cm³/mol. The first-order valence-corrected chi connectivity index (χ1v) is 7.98. The highest BCUT2D eigenvalue weighted by Gasteiger charge is 2.08. The van der Waals surface area contributed by atoms with E-state index in [0.717, 1.165) is 0 Å². The van der Waals surface area contributed by atoms with Crippen LogP contribution in [-0.4, -0.2) is 46.0 Å². The van der Waals surface area contributed by atoms with Crippen molar-refractivity contribution in [1.29, 1.82) is 0 Å². The molecule has 0 amide bonds. The van der Waals surface area contributed by atoms with Crippen LogP contribution in [0.15, 0.2) is 23.3 Å². The zero-order valence-corrected chi connectivity index (χ0v) is 14.8. The van der Waals surface area contributed by atoms with Crippen molar-refractivity contribution in [3.63, 3.8) is 0 Å². The van der Waals surface area contributed by atoms with E-state index in [1.54, 1.807) is 32.2 Å². The number of nitrogens with zero attached hydrogens (tertiary/aromatic N) is 4. The normalized spacial score (nSPS) is 11.1. The summed E-state index contributed by atoms with van der Waals surface area (Å²) in [6.45, 7) is 7.05. The van der Waals surface area contributed by atoms with Gasteiger partial charge in [0.05, 0.1) is 12.8 Å². The predicted octanol–water partition coefficient (Wildman–Crippen LogP) is 2.29. The molecule has 0 aliphatic heterocycles. The third-order valence-corrected chi connectivity index (χ3v) is 3.22. The van der Waals surface area contributed by atoms with Gasteiger partial charge in [-0.25, -0.2) is 5.43 Å². The van der Waals surface area contributed by atoms with Crippen molar-refractivity contribution >= 4 is 23.6 Å². The van der Waals surface area contributed by atoms with Crippen molar-refractivity contribution < 1.29 is 9.84 Å². The number of phenols is 1. The standard InChI is InChI=1S/C16H23N7O2/c1-5-17-14-19-15(18-6-2)21-16(20-14)23-22-10(3)12-9-11(25-4)7-8-13(12)24/h7-9,24H,5-6H2,1-4H3,(H3,17,18,19,20,21,23)/b22-10+. The number of ether oxygens (including phenoxy) is 1. The Kier molecular flexibility index (Phi) is 6.33. The van der Waals surface area contributed by atoms with Gasteiger partial charge in [0, 0.05) is 18.7 Å². The van der Waals surface area contributed by atoms with Crippen molar-refractivity contribution in [2.24, 2.45) is 5.10 Å². The minimum Gasteiger partial charge on any atom is -0.507 e. The molecule has 0 saturated carbocycles. The Morgan fingerprint density at radius 3 is 2.24 bits per heavy atom. The van der Waals surface area contributed by atoms with Crippen LogP contribution >= 0.6 is 0 Å². The number of aromatic hydroxyl groups is 1. The third kappa shape index (κ3) is 4.93. The fourth-order valence-electron chi connectivity index (χ4n) is 2.03. The highest BCUT2D eigenvalue weighted by Crippen LogP contribution is 2.23. The van der Waals surface area contributed by atoms with Crippen LogP contribution in [0.3, 0.4) is 0 Å². The molecule has 0 saturated heterocycles. The van der Waals surface area contributed by atoms with Crippen LogP contribution < -0.4 is 20.8 Å². The van der Waals surface area contributed by atoms with E-state index >= 15 is 0 Å². The number of benzene rings is 1. The molecule has 0 unspecified atom stereocenters. The van der Waals surface area contributed by atoms with Gasteiger partial charge in [-0.2, -0.15) is 20.1 Å². The minimum atomic E-state index is 0.112. The molecule has 9 nitrogen and oxygen atoms in total. The van der Waals surface area contributed by atoms with Gasteiger partial charge in [-0.1, -0.05) is 0 Å². The first-order valence-electron chi connectivity index (χ1n) is 7.98. The molecule has 0 bridgehead atoms. The van der Waals surface area contributed by atoms with Gasteiger partial charge in [-0.3, -0.25) is 0 Å². The lowest BCUT2D eigenvalue weighted by atomic mass is 10.1. The van der Waals surface area contributed by atoms with E-state index in [9.17, 15) is 5.11 Å². The Balaban J connectivity index is 2.25. The summed E-state index contributed by atoms with van der Waals surface area (Å²) in [5, 5.41) is 20.3. The highest BCUT2D eigenvalue weighted by molar-refractivity contribution is 6.01. The van der Waals surface area contributed by atoms with Crippen molar-refractivity contribution in [3.05, 3.63) is 23.8 Å². The molecule has 1 aromatic heterocycles. The number of phenolic OH excluding ortho intramolecular Hbond substituents is 1. The summed E-state index contributed by atoms with van der Waals surface area (Å²) < 4.78 is 5.17. The summed E-state index contributed by atoms with van der Waals surface area (Å²) in [7, 11) is 1.57. The lowest BCUT2D eigenvalue weighted by Gasteiger charge is -2.09. The lowest BCUT2D eigenvalue weighted by molar-refractivity contribution is 0.412. The van der Waals surface area contributed by atoms with Gasteiger partial charge in [-0.05, 0) is 39.0 Å². The Labute approximate surface area is 146 Å². The van der Waals surface area contributed by atoms with E-state index in [-0.39, 0.29) is 5.75 Å². The number of aromatic nitrogens is 3. The van der Waals surface area contributed by atoms with E-state index < -0.39 is 0 Å². The summed E-state index contributed by atoms with van der Waals surface area (Å²) in [6, 6.07) is 4.94. The molecular formula is C16H23N7O2. The van der Waals surface area contributed by atoms with E-state index in [0.29, 0.717) is 48.0 Å². The molecule has 0 atom stereocenters. The van der Waals surface area contributed by atoms with Crippen LogP contribution in [0.2, 0.25) is 0 Å². The van der Waals surface area contributed by atoms with E-state index in [1.807, 2.05) is 13.8 Å². The monoisotopic (exact) mass is 345 g/mol. The number of hydrogen-bond acceptors (Lipinski definition) is 9. The number of hydrogen-bond donors (Lipinski definition) is 4. The Morgan fingerprint density at radius 2 is 1.68 bits per heavy atom. The number of hydrazone groups is 1. The van der Waals surface area contributed by atoms with Crippen molar-refractivity contribution in [1.82, 2.24) is 15.0 Å². The maximum Gasteiger partial charge on any atom is 0.250 e. The molecule has 2 rings (SSSR count). The average molecular weight is 345 g/mol. The molecule has 9 heteroatoms.